The molecule has 8 heteroatoms. The third-order valence-electron chi connectivity index (χ3n) is 13.5. The summed E-state index contributed by atoms with van der Waals surface area (Å²) in [5, 5.41) is 10.7. The molecule has 0 atom stereocenters. The minimum Gasteiger partial charge on any atom is -0.466 e. The molecule has 0 aliphatic heterocycles. The lowest BCUT2D eigenvalue weighted by atomic mass is 9.80. The number of ether oxygens (including phenoxy) is 3. The van der Waals surface area contributed by atoms with Crippen LogP contribution >= 0.6 is 0 Å². The zero-order valence-corrected chi connectivity index (χ0v) is 41.4. The Hall–Kier alpha value is -1.67. The van der Waals surface area contributed by atoms with Crippen LogP contribution in [-0.2, 0) is 28.6 Å². The van der Waals surface area contributed by atoms with E-state index in [-0.39, 0.29) is 36.0 Å². The van der Waals surface area contributed by atoms with Crippen molar-refractivity contribution in [2.24, 2.45) is 5.92 Å². The first-order valence-electron chi connectivity index (χ1n) is 27.2. The molecule has 366 valence electrons. The van der Waals surface area contributed by atoms with Crippen LogP contribution in [0.15, 0.2) is 0 Å². The van der Waals surface area contributed by atoms with Gasteiger partial charge in [-0.3, -0.25) is 19.3 Å². The van der Waals surface area contributed by atoms with Crippen LogP contribution in [0.1, 0.15) is 278 Å². The van der Waals surface area contributed by atoms with Crippen LogP contribution in [-0.4, -0.2) is 73.0 Å². The SMILES string of the molecule is CCCCCCCCCCCCCCCCCCOC(=O)CCCCCN(CCCCC(COC(=O)CCCCCCC)COC(=O)CCCCCCC)C1(CO)CCCCC1. The number of aliphatic hydroxyl groups excluding tert-OH is 1. The molecular formula is C54H103NO7. The first-order chi connectivity index (χ1) is 30.4. The third-order valence-corrected chi connectivity index (χ3v) is 13.5. The lowest BCUT2D eigenvalue weighted by molar-refractivity contribution is -0.149. The fourth-order valence-electron chi connectivity index (χ4n) is 9.29. The van der Waals surface area contributed by atoms with Gasteiger partial charge in [-0.25, -0.2) is 0 Å². The highest BCUT2D eigenvalue weighted by atomic mass is 16.5. The van der Waals surface area contributed by atoms with E-state index in [2.05, 4.69) is 25.7 Å². The summed E-state index contributed by atoms with van der Waals surface area (Å²) in [6.45, 7) is 9.82. The topological polar surface area (TPSA) is 102 Å². The van der Waals surface area contributed by atoms with E-state index in [0.29, 0.717) is 39.1 Å². The van der Waals surface area contributed by atoms with Crippen molar-refractivity contribution in [3.05, 3.63) is 0 Å². The van der Waals surface area contributed by atoms with Crippen LogP contribution in [0, 0.1) is 5.92 Å². The van der Waals surface area contributed by atoms with Gasteiger partial charge in [-0.05, 0) is 70.9 Å². The summed E-state index contributed by atoms with van der Waals surface area (Å²) < 4.78 is 17.1. The third kappa shape index (κ3) is 33.8. The number of hydrogen-bond donors (Lipinski definition) is 1. The Balaban J connectivity index is 2.39. The van der Waals surface area contributed by atoms with Gasteiger partial charge >= 0.3 is 17.9 Å². The van der Waals surface area contributed by atoms with Crippen molar-refractivity contribution in [3.8, 4) is 0 Å². The lowest BCUT2D eigenvalue weighted by Crippen LogP contribution is -2.53. The summed E-state index contributed by atoms with van der Waals surface area (Å²) in [5.74, 6) is -0.370. The quantitative estimate of drug-likeness (QED) is 0.0366. The number of hydrogen-bond acceptors (Lipinski definition) is 8. The molecule has 0 bridgehead atoms. The smallest absolute Gasteiger partial charge is 0.305 e. The normalized spacial score (nSPS) is 13.8. The fraction of sp³-hybridized carbons (Fsp3) is 0.944. The van der Waals surface area contributed by atoms with Crippen LogP contribution < -0.4 is 0 Å². The van der Waals surface area contributed by atoms with Crippen molar-refractivity contribution in [2.75, 3.05) is 39.5 Å². The molecule has 8 nitrogen and oxygen atoms in total. The van der Waals surface area contributed by atoms with Gasteiger partial charge < -0.3 is 19.3 Å². The Morgan fingerprint density at radius 3 is 1.23 bits per heavy atom. The summed E-state index contributed by atoms with van der Waals surface area (Å²) in [6, 6.07) is 0. The van der Waals surface area contributed by atoms with Crippen molar-refractivity contribution in [1.82, 2.24) is 4.90 Å². The number of carbonyl (C=O) groups excluding carboxylic acids is 3. The Kier molecular flexibility index (Phi) is 40.7. The minimum atomic E-state index is -0.164. The monoisotopic (exact) mass is 878 g/mol. The summed E-state index contributed by atoms with van der Waals surface area (Å²) in [4.78, 5) is 40.2. The van der Waals surface area contributed by atoms with Gasteiger partial charge in [0.25, 0.3) is 0 Å². The number of nitrogens with zero attached hydrogens (tertiary/aromatic N) is 1. The number of esters is 3. The van der Waals surface area contributed by atoms with E-state index in [1.165, 1.54) is 122 Å². The molecule has 0 spiro atoms. The molecule has 0 amide bonds. The van der Waals surface area contributed by atoms with Crippen molar-refractivity contribution < 1.29 is 33.7 Å². The maximum absolute atomic E-state index is 12.6. The van der Waals surface area contributed by atoms with Crippen molar-refractivity contribution in [1.29, 1.82) is 0 Å². The molecule has 0 aromatic carbocycles. The zero-order chi connectivity index (χ0) is 45.0. The molecule has 0 aromatic heterocycles. The average molecular weight is 878 g/mol. The van der Waals surface area contributed by atoms with Crippen LogP contribution in [0.25, 0.3) is 0 Å². The van der Waals surface area contributed by atoms with Crippen LogP contribution in [0.4, 0.5) is 0 Å². The van der Waals surface area contributed by atoms with Crippen LogP contribution in [0.3, 0.4) is 0 Å². The van der Waals surface area contributed by atoms with Gasteiger partial charge in [0.2, 0.25) is 0 Å². The van der Waals surface area contributed by atoms with Crippen LogP contribution in [0.5, 0.6) is 0 Å². The molecule has 0 aromatic rings. The fourth-order valence-corrected chi connectivity index (χ4v) is 9.29. The molecule has 0 unspecified atom stereocenters. The molecule has 62 heavy (non-hydrogen) atoms. The first-order valence-corrected chi connectivity index (χ1v) is 27.2. The maximum atomic E-state index is 12.6. The molecule has 0 heterocycles. The maximum Gasteiger partial charge on any atom is 0.305 e. The molecule has 1 saturated carbocycles. The van der Waals surface area contributed by atoms with Gasteiger partial charge in [0.1, 0.15) is 0 Å². The van der Waals surface area contributed by atoms with Gasteiger partial charge in [0.15, 0.2) is 0 Å². The minimum absolute atomic E-state index is 0.0122. The van der Waals surface area contributed by atoms with Crippen LogP contribution in [0.2, 0.25) is 0 Å². The summed E-state index contributed by atoms with van der Waals surface area (Å²) in [7, 11) is 0. The molecule has 1 fully saturated rings. The van der Waals surface area contributed by atoms with Gasteiger partial charge in [-0.15, -0.1) is 0 Å². The molecule has 1 N–H and O–H groups in total. The second-order valence-corrected chi connectivity index (χ2v) is 19.3. The van der Waals surface area contributed by atoms with Gasteiger partial charge in [-0.1, -0.05) is 201 Å². The summed E-state index contributed by atoms with van der Waals surface area (Å²) in [5.41, 5.74) is -0.164. The van der Waals surface area contributed by atoms with E-state index in [1.54, 1.807) is 0 Å². The Labute approximate surface area is 383 Å². The predicted molar refractivity (Wildman–Crippen MR) is 259 cm³/mol. The Morgan fingerprint density at radius 2 is 0.806 bits per heavy atom. The highest BCUT2D eigenvalue weighted by Gasteiger charge is 2.36. The summed E-state index contributed by atoms with van der Waals surface area (Å²) >= 11 is 0. The van der Waals surface area contributed by atoms with E-state index in [1.807, 2.05) is 0 Å². The highest BCUT2D eigenvalue weighted by Crippen LogP contribution is 2.34. The molecule has 0 radical (unpaired) electrons. The number of carbonyl (C=O) groups is 3. The molecule has 1 rings (SSSR count). The Morgan fingerprint density at radius 1 is 0.452 bits per heavy atom. The van der Waals surface area contributed by atoms with Crippen molar-refractivity contribution >= 4 is 17.9 Å². The second kappa shape index (κ2) is 43.2. The number of unbranched alkanes of at least 4 members (excludes halogenated alkanes) is 26. The molecule has 1 aliphatic rings. The molecular weight excluding hydrogens is 775 g/mol. The van der Waals surface area contributed by atoms with E-state index in [4.69, 9.17) is 14.2 Å². The lowest BCUT2D eigenvalue weighted by Gasteiger charge is -2.46. The largest absolute Gasteiger partial charge is 0.466 e. The van der Waals surface area contributed by atoms with E-state index < -0.39 is 0 Å². The second-order valence-electron chi connectivity index (χ2n) is 19.3. The Bertz CT molecular complexity index is 985. The van der Waals surface area contributed by atoms with Gasteiger partial charge in [0, 0.05) is 30.7 Å². The van der Waals surface area contributed by atoms with Crippen molar-refractivity contribution in [3.63, 3.8) is 0 Å². The molecule has 1 aliphatic carbocycles. The van der Waals surface area contributed by atoms with Gasteiger partial charge in [-0.2, -0.15) is 0 Å². The van der Waals surface area contributed by atoms with E-state index in [9.17, 15) is 19.5 Å². The molecule has 0 saturated heterocycles. The predicted octanol–water partition coefficient (Wildman–Crippen LogP) is 14.9. The number of rotatable bonds is 46. The van der Waals surface area contributed by atoms with Crippen molar-refractivity contribution in [2.45, 2.75) is 283 Å². The summed E-state index contributed by atoms with van der Waals surface area (Å²) in [6.07, 6.45) is 44.9. The zero-order valence-electron chi connectivity index (χ0n) is 41.4. The number of aliphatic hydroxyl groups is 1. The average Bonchev–Trinajstić information content (AvgIpc) is 3.28. The van der Waals surface area contributed by atoms with E-state index >= 15 is 0 Å². The van der Waals surface area contributed by atoms with Gasteiger partial charge in [0.05, 0.1) is 26.4 Å². The van der Waals surface area contributed by atoms with E-state index in [0.717, 1.165) is 129 Å². The highest BCUT2D eigenvalue weighted by molar-refractivity contribution is 5.70. The first kappa shape index (κ1) is 58.3. The standard InChI is InChI=1S/C54H103NO7/c1-4-7-10-13-14-15-16-17-18-19-20-21-22-23-26-37-46-60-51(57)39-31-27-35-44-55(54(49-56)42-33-28-34-43-54)45-36-32-38-50(47-61-52(58)40-29-24-11-8-5-2)48-62-53(59)41-30-25-12-9-6-3/h50,56H,4-49H2,1-3H3.